The first-order valence-corrected chi connectivity index (χ1v) is 5.34. The van der Waals surface area contributed by atoms with Crippen LogP contribution in [0.1, 0.15) is 11.1 Å². The number of nitrogens with one attached hydrogen (secondary N) is 1. The molecule has 0 saturated carbocycles. The number of rotatable bonds is 2. The molecule has 0 aliphatic rings. The van der Waals surface area contributed by atoms with Gasteiger partial charge in [0.1, 0.15) is 0 Å². The molecule has 110 valence electrons. The summed E-state index contributed by atoms with van der Waals surface area (Å²) in [7, 11) is 2.90. The number of carbonyl (C=O) groups is 1. The van der Waals surface area contributed by atoms with Crippen molar-refractivity contribution in [2.24, 2.45) is 10.9 Å². The predicted molar refractivity (Wildman–Crippen MR) is 66.7 cm³/mol. The van der Waals surface area contributed by atoms with E-state index in [1.54, 1.807) is 0 Å². The molecule has 1 aromatic carbocycles. The van der Waals surface area contributed by atoms with Crippen molar-refractivity contribution in [3.8, 4) is 0 Å². The van der Waals surface area contributed by atoms with E-state index in [1.807, 2.05) is 0 Å². The van der Waals surface area contributed by atoms with E-state index in [-0.39, 0.29) is 5.69 Å². The monoisotopic (exact) mass is 290 g/mol. The number of oxime groups is 1. The van der Waals surface area contributed by atoms with Gasteiger partial charge in [-0.2, -0.15) is 13.2 Å². The second-order valence-electron chi connectivity index (χ2n) is 4.07. The Morgan fingerprint density at radius 1 is 1.40 bits per heavy atom. The van der Waals surface area contributed by atoms with Crippen LogP contribution in [0, 0.1) is 0 Å². The van der Waals surface area contributed by atoms with Gasteiger partial charge in [0.15, 0.2) is 5.84 Å². The molecule has 0 fully saturated rings. The number of nitrogens with zero attached hydrogens (tertiary/aromatic N) is 2. The molecule has 0 aromatic heterocycles. The fourth-order valence-corrected chi connectivity index (χ4v) is 1.37. The quantitative estimate of drug-likeness (QED) is 0.336. The van der Waals surface area contributed by atoms with Crippen molar-refractivity contribution in [2.75, 3.05) is 19.4 Å². The zero-order valence-electron chi connectivity index (χ0n) is 10.7. The Kier molecular flexibility index (Phi) is 4.43. The van der Waals surface area contributed by atoms with Crippen molar-refractivity contribution in [3.05, 3.63) is 29.3 Å². The minimum absolute atomic E-state index is 0.0504. The summed E-state index contributed by atoms with van der Waals surface area (Å²) in [5.74, 6) is -0.664. The van der Waals surface area contributed by atoms with Crippen molar-refractivity contribution in [3.63, 3.8) is 0 Å². The summed E-state index contributed by atoms with van der Waals surface area (Å²) in [4.78, 5) is 12.6. The Labute approximate surface area is 112 Å². The van der Waals surface area contributed by atoms with Crippen LogP contribution in [0.2, 0.25) is 0 Å². The van der Waals surface area contributed by atoms with E-state index in [9.17, 15) is 18.0 Å². The molecule has 1 rings (SSSR count). The van der Waals surface area contributed by atoms with Crippen LogP contribution in [0.5, 0.6) is 0 Å². The first-order chi connectivity index (χ1) is 9.16. The number of amidine groups is 1. The lowest BCUT2D eigenvalue weighted by Gasteiger charge is -2.16. The minimum Gasteiger partial charge on any atom is -0.409 e. The number of halogens is 3. The Morgan fingerprint density at radius 3 is 2.45 bits per heavy atom. The van der Waals surface area contributed by atoms with E-state index in [4.69, 9.17) is 10.9 Å². The number of hydrogen-bond acceptors (Lipinski definition) is 3. The number of alkyl halides is 3. The molecule has 0 heterocycles. The number of anilines is 1. The van der Waals surface area contributed by atoms with Gasteiger partial charge in [0.25, 0.3) is 0 Å². The lowest BCUT2D eigenvalue weighted by molar-refractivity contribution is -0.137. The largest absolute Gasteiger partial charge is 0.417 e. The van der Waals surface area contributed by atoms with Gasteiger partial charge in [-0.25, -0.2) is 4.79 Å². The van der Waals surface area contributed by atoms with Gasteiger partial charge < -0.3 is 21.2 Å². The topological polar surface area (TPSA) is 91.0 Å². The number of amides is 2. The van der Waals surface area contributed by atoms with Gasteiger partial charge in [0.05, 0.1) is 5.56 Å². The summed E-state index contributed by atoms with van der Waals surface area (Å²) in [5.41, 5.74) is 3.57. The molecule has 6 nitrogen and oxygen atoms in total. The summed E-state index contributed by atoms with van der Waals surface area (Å²) in [6.07, 6.45) is -4.70. The Bertz CT molecular complexity index is 541. The lowest BCUT2D eigenvalue weighted by Crippen LogP contribution is -2.27. The van der Waals surface area contributed by atoms with Crippen molar-refractivity contribution < 1.29 is 23.2 Å². The highest BCUT2D eigenvalue weighted by Crippen LogP contribution is 2.33. The number of hydrogen-bond donors (Lipinski definition) is 3. The van der Waals surface area contributed by atoms with Crippen LogP contribution in [-0.2, 0) is 6.18 Å². The maximum Gasteiger partial charge on any atom is 0.417 e. The molecule has 0 atom stereocenters. The third kappa shape index (κ3) is 3.53. The molecule has 1 aromatic rings. The molecule has 4 N–H and O–H groups in total. The average molecular weight is 290 g/mol. The smallest absolute Gasteiger partial charge is 0.409 e. The fraction of sp³-hybridized carbons (Fsp3) is 0.273. The number of nitrogens with two attached hydrogens (primary N) is 1. The molecule has 20 heavy (non-hydrogen) atoms. The van der Waals surface area contributed by atoms with Crippen molar-refractivity contribution in [1.82, 2.24) is 4.90 Å². The SMILES string of the molecule is CN(C)C(=O)Nc1ccc(C(N)=NO)c(C(F)(F)F)c1. The predicted octanol–water partition coefficient (Wildman–Crippen LogP) is 1.89. The summed E-state index contributed by atoms with van der Waals surface area (Å²) in [5, 5.41) is 13.3. The molecule has 0 saturated heterocycles. The van der Waals surface area contributed by atoms with E-state index >= 15 is 0 Å². The zero-order valence-corrected chi connectivity index (χ0v) is 10.7. The number of urea groups is 1. The second kappa shape index (κ2) is 5.68. The van der Waals surface area contributed by atoms with Crippen molar-refractivity contribution >= 4 is 17.6 Å². The van der Waals surface area contributed by atoms with Gasteiger partial charge in [-0.1, -0.05) is 5.16 Å². The molecule has 0 aliphatic carbocycles. The van der Waals surface area contributed by atoms with E-state index in [0.29, 0.717) is 0 Å². The van der Waals surface area contributed by atoms with Crippen LogP contribution in [0.15, 0.2) is 23.4 Å². The first-order valence-electron chi connectivity index (χ1n) is 5.34. The van der Waals surface area contributed by atoms with Crippen LogP contribution in [-0.4, -0.2) is 36.1 Å². The molecule has 0 unspecified atom stereocenters. The van der Waals surface area contributed by atoms with Crippen LogP contribution < -0.4 is 11.1 Å². The second-order valence-corrected chi connectivity index (χ2v) is 4.07. The molecule has 0 aliphatic heterocycles. The van der Waals surface area contributed by atoms with Gasteiger partial charge in [-0.05, 0) is 18.2 Å². The van der Waals surface area contributed by atoms with Crippen LogP contribution in [0.4, 0.5) is 23.7 Å². The van der Waals surface area contributed by atoms with Gasteiger partial charge in [0.2, 0.25) is 0 Å². The molecular formula is C11H13F3N4O2. The highest BCUT2D eigenvalue weighted by atomic mass is 19.4. The van der Waals surface area contributed by atoms with Gasteiger partial charge in [-0.15, -0.1) is 0 Å². The van der Waals surface area contributed by atoms with Crippen LogP contribution in [0.3, 0.4) is 0 Å². The standard InChI is InChI=1S/C11H13F3N4O2/c1-18(2)10(19)16-6-3-4-7(9(15)17-20)8(5-6)11(12,13)14/h3-5,20H,1-2H3,(H2,15,17)(H,16,19). The molecule has 0 bridgehead atoms. The molecular weight excluding hydrogens is 277 g/mol. The molecule has 0 radical (unpaired) electrons. The van der Waals surface area contributed by atoms with E-state index in [1.165, 1.54) is 25.1 Å². The van der Waals surface area contributed by atoms with E-state index < -0.39 is 29.2 Å². The van der Waals surface area contributed by atoms with Gasteiger partial charge in [0, 0.05) is 25.3 Å². The van der Waals surface area contributed by atoms with E-state index in [2.05, 4.69) is 10.5 Å². The van der Waals surface area contributed by atoms with E-state index in [0.717, 1.165) is 12.1 Å². The lowest BCUT2D eigenvalue weighted by atomic mass is 10.1. The molecule has 2 amide bonds. The van der Waals surface area contributed by atoms with Crippen molar-refractivity contribution in [1.29, 1.82) is 0 Å². The summed E-state index contributed by atoms with van der Waals surface area (Å²) in [6.45, 7) is 0. The first kappa shape index (κ1) is 15.6. The fourth-order valence-electron chi connectivity index (χ4n) is 1.37. The third-order valence-electron chi connectivity index (χ3n) is 2.37. The highest BCUT2D eigenvalue weighted by Gasteiger charge is 2.34. The van der Waals surface area contributed by atoms with Crippen molar-refractivity contribution in [2.45, 2.75) is 6.18 Å². The maximum atomic E-state index is 12.9. The van der Waals surface area contributed by atoms with Crippen LogP contribution in [0.25, 0.3) is 0 Å². The zero-order chi connectivity index (χ0) is 15.5. The normalized spacial score (nSPS) is 12.2. The number of carbonyl (C=O) groups excluding carboxylic acids is 1. The summed E-state index contributed by atoms with van der Waals surface area (Å²) < 4.78 is 38.7. The molecule has 9 heteroatoms. The number of benzene rings is 1. The Morgan fingerprint density at radius 2 is 2.00 bits per heavy atom. The summed E-state index contributed by atoms with van der Waals surface area (Å²) in [6, 6.07) is 2.39. The van der Waals surface area contributed by atoms with Gasteiger partial charge in [-0.3, -0.25) is 0 Å². The third-order valence-corrected chi connectivity index (χ3v) is 2.37. The average Bonchev–Trinajstić information content (AvgIpc) is 2.36. The summed E-state index contributed by atoms with van der Waals surface area (Å²) >= 11 is 0. The molecule has 0 spiro atoms. The Balaban J connectivity index is 3.25. The minimum atomic E-state index is -4.70. The Hall–Kier alpha value is -2.45. The maximum absolute atomic E-state index is 12.9. The van der Waals surface area contributed by atoms with Gasteiger partial charge >= 0.3 is 12.2 Å². The van der Waals surface area contributed by atoms with Crippen LogP contribution >= 0.6 is 0 Å². The highest BCUT2D eigenvalue weighted by molar-refractivity contribution is 5.99.